The first kappa shape index (κ1) is 32.6. The number of ether oxygens (including phenoxy) is 1. The minimum absolute atomic E-state index is 0. The standard InChI is InChI=1S/C17H25NO8S2.2Na/c1-26-10-4-2-9(3-5-10)6-11(16(24)25)18(17(27)28)7-12(20)14(22)15(23)13(21)8-19;;/h2-5,11-15,19-23H,6-8H2,1H3,(H,24,25)(H,27,28);;/q;2*+1/p-2. The molecule has 0 saturated carbocycles. The number of thiocarbonyl (C=S) groups is 1. The normalized spacial score (nSPS) is 15.4. The van der Waals surface area contributed by atoms with Gasteiger partial charge in [0.1, 0.15) is 24.1 Å². The van der Waals surface area contributed by atoms with Crippen molar-refractivity contribution >= 4 is 35.1 Å². The third-order valence-corrected chi connectivity index (χ3v) is 4.65. The Morgan fingerprint density at radius 1 is 1.13 bits per heavy atom. The first-order valence-electron chi connectivity index (χ1n) is 8.26. The van der Waals surface area contributed by atoms with Gasteiger partial charge in [-0.15, -0.1) is 0 Å². The van der Waals surface area contributed by atoms with E-state index in [1.54, 1.807) is 24.3 Å². The second-order valence-electron chi connectivity index (χ2n) is 6.10. The first-order chi connectivity index (χ1) is 13.1. The molecule has 0 aliphatic carbocycles. The van der Waals surface area contributed by atoms with Gasteiger partial charge in [0.05, 0.1) is 31.8 Å². The molecule has 30 heavy (non-hydrogen) atoms. The van der Waals surface area contributed by atoms with Crippen molar-refractivity contribution in [2.75, 3.05) is 20.3 Å². The summed E-state index contributed by atoms with van der Waals surface area (Å²) < 4.78 is 4.75. The molecule has 0 aromatic heterocycles. The Kier molecular flexibility index (Phi) is 17.5. The van der Waals surface area contributed by atoms with E-state index >= 15 is 0 Å². The SMILES string of the molecule is COc1ccc(CC(C(=O)[O-])N(CC(O)C(O)C(O)C(O)CO)C(=S)[S-])cc1.[Na+].[Na+]. The average molecular weight is 479 g/mol. The van der Waals surface area contributed by atoms with E-state index in [2.05, 4.69) is 0 Å². The van der Waals surface area contributed by atoms with Crippen LogP contribution in [0.2, 0.25) is 0 Å². The second kappa shape index (κ2) is 16.1. The fraction of sp³-hybridized carbons (Fsp3) is 0.529. The van der Waals surface area contributed by atoms with Crippen molar-refractivity contribution in [1.82, 2.24) is 4.90 Å². The fourth-order valence-corrected chi connectivity index (χ4v) is 2.91. The molecule has 0 radical (unpaired) electrons. The maximum Gasteiger partial charge on any atom is 1.00 e. The molecule has 0 aliphatic heterocycles. The zero-order valence-electron chi connectivity index (χ0n) is 17.0. The number of aliphatic hydroxyl groups is 5. The van der Waals surface area contributed by atoms with Crippen LogP contribution in [0.5, 0.6) is 5.75 Å². The number of carbonyl (C=O) groups is 1. The summed E-state index contributed by atoms with van der Waals surface area (Å²) >= 11 is 9.80. The Bertz CT molecular complexity index is 655. The maximum atomic E-state index is 11.7. The molecule has 9 nitrogen and oxygen atoms in total. The van der Waals surface area contributed by atoms with E-state index in [0.29, 0.717) is 11.3 Å². The molecule has 0 amide bonds. The summed E-state index contributed by atoms with van der Waals surface area (Å²) in [6.45, 7) is -1.37. The van der Waals surface area contributed by atoms with Gasteiger partial charge in [-0.2, -0.15) is 0 Å². The van der Waals surface area contributed by atoms with Crippen LogP contribution in [-0.4, -0.2) is 91.4 Å². The van der Waals surface area contributed by atoms with Crippen molar-refractivity contribution in [3.8, 4) is 5.75 Å². The number of aliphatic hydroxyl groups excluding tert-OH is 5. The molecule has 0 heterocycles. The molecule has 1 aromatic carbocycles. The Morgan fingerprint density at radius 2 is 1.63 bits per heavy atom. The number of hydrogen-bond donors (Lipinski definition) is 5. The van der Waals surface area contributed by atoms with Crippen LogP contribution in [0.3, 0.4) is 0 Å². The minimum atomic E-state index is -1.88. The van der Waals surface area contributed by atoms with Crippen LogP contribution in [0.4, 0.5) is 0 Å². The molecular weight excluding hydrogens is 456 g/mol. The van der Waals surface area contributed by atoms with Crippen LogP contribution in [0.1, 0.15) is 5.56 Å². The van der Waals surface area contributed by atoms with Gasteiger partial charge < -0.3 is 69.9 Å². The van der Waals surface area contributed by atoms with Crippen LogP contribution in [-0.2, 0) is 23.8 Å². The Labute approximate surface area is 230 Å². The van der Waals surface area contributed by atoms with Crippen molar-refractivity contribution in [1.29, 1.82) is 0 Å². The molecule has 5 atom stereocenters. The average Bonchev–Trinajstić information content (AvgIpc) is 2.68. The van der Waals surface area contributed by atoms with E-state index in [-0.39, 0.29) is 69.9 Å². The predicted molar refractivity (Wildman–Crippen MR) is 103 cm³/mol. The van der Waals surface area contributed by atoms with Crippen LogP contribution >= 0.6 is 12.2 Å². The van der Waals surface area contributed by atoms with Gasteiger partial charge >= 0.3 is 59.1 Å². The van der Waals surface area contributed by atoms with Gasteiger partial charge in [-0.05, 0) is 24.1 Å². The molecule has 0 saturated heterocycles. The minimum Gasteiger partial charge on any atom is -0.548 e. The van der Waals surface area contributed by atoms with Gasteiger partial charge in [0, 0.05) is 6.54 Å². The van der Waals surface area contributed by atoms with Gasteiger partial charge in [0.25, 0.3) is 0 Å². The van der Waals surface area contributed by atoms with E-state index in [4.69, 9.17) is 34.7 Å². The van der Waals surface area contributed by atoms with Crippen molar-refractivity contribution in [2.45, 2.75) is 36.9 Å². The summed E-state index contributed by atoms with van der Waals surface area (Å²) in [6.07, 6.45) is -7.20. The molecule has 0 fully saturated rings. The number of benzene rings is 1. The quantitative estimate of drug-likeness (QED) is 0.117. The third kappa shape index (κ3) is 9.90. The van der Waals surface area contributed by atoms with Crippen molar-refractivity contribution < 1.29 is 99.3 Å². The van der Waals surface area contributed by atoms with Gasteiger partial charge in [0.15, 0.2) is 0 Å². The van der Waals surface area contributed by atoms with E-state index in [0.717, 1.165) is 4.90 Å². The predicted octanol–water partition coefficient (Wildman–Crippen LogP) is -9.07. The molecule has 13 heteroatoms. The Balaban J connectivity index is 0. The number of nitrogens with zero attached hydrogens (tertiary/aromatic N) is 1. The smallest absolute Gasteiger partial charge is 0.548 e. The summed E-state index contributed by atoms with van der Waals surface area (Å²) in [5.74, 6) is -0.917. The van der Waals surface area contributed by atoms with E-state index < -0.39 is 49.6 Å². The molecule has 1 rings (SSSR count). The summed E-state index contributed by atoms with van der Waals surface area (Å²) in [5, 5.41) is 59.6. The zero-order chi connectivity index (χ0) is 21.4. The topological polar surface area (TPSA) is 154 Å². The number of methoxy groups -OCH3 is 1. The molecule has 5 unspecified atom stereocenters. The van der Waals surface area contributed by atoms with Crippen molar-refractivity contribution in [3.05, 3.63) is 29.8 Å². The summed E-state index contributed by atoms with van der Waals surface area (Å²) in [7, 11) is 1.49. The van der Waals surface area contributed by atoms with Crippen LogP contribution < -0.4 is 69.0 Å². The monoisotopic (exact) mass is 479 g/mol. The van der Waals surface area contributed by atoms with Crippen LogP contribution in [0.25, 0.3) is 0 Å². The van der Waals surface area contributed by atoms with Crippen LogP contribution in [0, 0.1) is 0 Å². The fourth-order valence-electron chi connectivity index (χ4n) is 2.51. The van der Waals surface area contributed by atoms with Crippen LogP contribution in [0.15, 0.2) is 24.3 Å². The third-order valence-electron chi connectivity index (χ3n) is 4.18. The van der Waals surface area contributed by atoms with Crippen molar-refractivity contribution in [2.24, 2.45) is 0 Å². The molecule has 0 aliphatic rings. The molecule has 0 spiro atoms. The summed E-state index contributed by atoms with van der Waals surface area (Å²) in [6, 6.07) is 5.23. The molecule has 5 N–H and O–H groups in total. The van der Waals surface area contributed by atoms with E-state index in [1.807, 2.05) is 0 Å². The summed E-state index contributed by atoms with van der Waals surface area (Å²) in [4.78, 5) is 12.6. The van der Waals surface area contributed by atoms with E-state index in [9.17, 15) is 30.3 Å². The Morgan fingerprint density at radius 3 is 2.03 bits per heavy atom. The van der Waals surface area contributed by atoms with Gasteiger partial charge in [-0.3, -0.25) is 0 Å². The summed E-state index contributed by atoms with van der Waals surface area (Å²) in [5.41, 5.74) is 0.608. The second-order valence-corrected chi connectivity index (χ2v) is 7.14. The Hall–Kier alpha value is 0.400. The molecule has 1 aromatic rings. The van der Waals surface area contributed by atoms with Gasteiger partial charge in [-0.1, -0.05) is 16.5 Å². The number of hydrogen-bond acceptors (Lipinski definition) is 10. The molecule has 0 bridgehead atoms. The number of carboxylic acid groups (broad SMARTS) is 1. The van der Waals surface area contributed by atoms with Gasteiger partial charge in [-0.25, -0.2) is 0 Å². The largest absolute Gasteiger partial charge is 1.00 e. The molecular formula is C17H23NNa2O8S2. The number of carbonyl (C=O) groups excluding carboxylic acids is 1. The van der Waals surface area contributed by atoms with E-state index in [1.165, 1.54) is 7.11 Å². The van der Waals surface area contributed by atoms with Gasteiger partial charge in [0.2, 0.25) is 0 Å². The number of aliphatic carboxylic acids is 1. The maximum absolute atomic E-state index is 11.7. The molecule has 158 valence electrons. The first-order valence-corrected chi connectivity index (χ1v) is 9.08. The number of carboxylic acids is 1. The van der Waals surface area contributed by atoms with Crippen molar-refractivity contribution in [3.63, 3.8) is 0 Å². The number of rotatable bonds is 11. The zero-order valence-corrected chi connectivity index (χ0v) is 22.7.